The highest BCUT2D eigenvalue weighted by molar-refractivity contribution is 14.0. The van der Waals surface area contributed by atoms with Crippen molar-refractivity contribution < 1.29 is 4.79 Å². The van der Waals surface area contributed by atoms with Crippen LogP contribution in [0.25, 0.3) is 0 Å². The maximum Gasteiger partial charge on any atom is 0.240 e. The van der Waals surface area contributed by atoms with Gasteiger partial charge in [-0.15, -0.1) is 40.8 Å². The number of hydrogen-bond donors (Lipinski definition) is 2. The Morgan fingerprint density at radius 1 is 1.46 bits per heavy atom. The molecule has 0 atom stereocenters. The van der Waals surface area contributed by atoms with Gasteiger partial charge >= 0.3 is 0 Å². The summed E-state index contributed by atoms with van der Waals surface area (Å²) < 4.78 is 1.99. The Balaban J connectivity index is 0.00000625. The van der Waals surface area contributed by atoms with Crippen LogP contribution in [-0.2, 0) is 17.8 Å². The molecule has 26 heavy (non-hydrogen) atoms. The van der Waals surface area contributed by atoms with Gasteiger partial charge in [-0.2, -0.15) is 0 Å². The van der Waals surface area contributed by atoms with Gasteiger partial charge in [0.05, 0.1) is 13.1 Å². The van der Waals surface area contributed by atoms with Gasteiger partial charge in [-0.05, 0) is 20.8 Å². The van der Waals surface area contributed by atoms with Crippen molar-refractivity contribution in [3.05, 3.63) is 24.8 Å². The van der Waals surface area contributed by atoms with Gasteiger partial charge in [0.15, 0.2) is 5.96 Å². The van der Waals surface area contributed by atoms with Crippen LogP contribution in [0.15, 0.2) is 24.0 Å². The van der Waals surface area contributed by atoms with Gasteiger partial charge in [-0.3, -0.25) is 9.79 Å². The fourth-order valence-corrected chi connectivity index (χ4v) is 2.23. The average Bonchev–Trinajstić information content (AvgIpc) is 2.95. The summed E-state index contributed by atoms with van der Waals surface area (Å²) in [5.41, 5.74) is -0.255. The summed E-state index contributed by atoms with van der Waals surface area (Å²) in [5.74, 6) is 1.55. The first-order chi connectivity index (χ1) is 11.8. The molecule has 8 nitrogen and oxygen atoms in total. The predicted octanol–water partition coefficient (Wildman–Crippen LogP) is 1.44. The summed E-state index contributed by atoms with van der Waals surface area (Å²) in [4.78, 5) is 18.5. The number of aliphatic imine (C=N–C) groups is 1. The lowest BCUT2D eigenvalue weighted by atomic mass is 10.1. The standard InChI is InChI=1S/C17H31N7O.HI/c1-7-9-18-16(23(6)12-15(25)21-17(3,4)5)19-10-11-24-13-20-22-14(24)8-2;/h7,13H,1,8-12H2,2-6H3,(H,18,19)(H,21,25);1H. The van der Waals surface area contributed by atoms with E-state index in [1.54, 1.807) is 17.3 Å². The number of nitrogens with zero attached hydrogens (tertiary/aromatic N) is 5. The van der Waals surface area contributed by atoms with Gasteiger partial charge in [0.1, 0.15) is 12.2 Å². The Labute approximate surface area is 173 Å². The highest BCUT2D eigenvalue weighted by Gasteiger charge is 2.16. The molecule has 0 fully saturated rings. The van der Waals surface area contributed by atoms with Crippen molar-refractivity contribution in [3.63, 3.8) is 0 Å². The number of halogens is 1. The van der Waals surface area contributed by atoms with E-state index in [1.807, 2.05) is 39.3 Å². The first kappa shape index (κ1) is 24.4. The monoisotopic (exact) mass is 477 g/mol. The van der Waals surface area contributed by atoms with Gasteiger partial charge in [-0.1, -0.05) is 13.0 Å². The van der Waals surface area contributed by atoms with Crippen LogP contribution in [0.1, 0.15) is 33.5 Å². The number of nitrogens with one attached hydrogen (secondary N) is 2. The lowest BCUT2D eigenvalue weighted by Crippen LogP contribution is -2.48. The molecule has 1 aromatic rings. The summed E-state index contributed by atoms with van der Waals surface area (Å²) in [6.07, 6.45) is 4.30. The third kappa shape index (κ3) is 9.16. The van der Waals surface area contributed by atoms with Crippen LogP contribution in [0.3, 0.4) is 0 Å². The van der Waals surface area contributed by atoms with Crippen LogP contribution >= 0.6 is 24.0 Å². The van der Waals surface area contributed by atoms with Crippen molar-refractivity contribution >= 4 is 35.8 Å². The molecule has 1 amide bonds. The lowest BCUT2D eigenvalue weighted by Gasteiger charge is -2.25. The van der Waals surface area contributed by atoms with E-state index < -0.39 is 0 Å². The molecular weight excluding hydrogens is 445 g/mol. The van der Waals surface area contributed by atoms with Crippen LogP contribution in [0, 0.1) is 0 Å². The Hall–Kier alpha value is -1.65. The number of likely N-dealkylation sites (N-methyl/N-ethyl adjacent to an activating group) is 1. The summed E-state index contributed by atoms with van der Waals surface area (Å²) in [6.45, 7) is 13.7. The molecule has 9 heteroatoms. The number of guanidine groups is 1. The number of carbonyl (C=O) groups excluding carboxylic acids is 1. The minimum Gasteiger partial charge on any atom is -0.353 e. The van der Waals surface area contributed by atoms with E-state index in [9.17, 15) is 4.79 Å². The number of aromatic nitrogens is 3. The highest BCUT2D eigenvalue weighted by Crippen LogP contribution is 1.99. The third-order valence-corrected chi connectivity index (χ3v) is 3.28. The summed E-state index contributed by atoms with van der Waals surface area (Å²) in [5, 5.41) is 14.1. The molecule has 0 saturated carbocycles. The van der Waals surface area contributed by atoms with Crippen molar-refractivity contribution in [3.8, 4) is 0 Å². The third-order valence-electron chi connectivity index (χ3n) is 3.28. The normalized spacial score (nSPS) is 11.5. The van der Waals surface area contributed by atoms with E-state index in [2.05, 4.69) is 32.4 Å². The highest BCUT2D eigenvalue weighted by atomic mass is 127. The molecular formula is C17H32IN7O. The van der Waals surface area contributed by atoms with E-state index in [1.165, 1.54) is 0 Å². The second-order valence-corrected chi connectivity index (χ2v) is 6.82. The van der Waals surface area contributed by atoms with Crippen LogP contribution < -0.4 is 10.6 Å². The molecule has 2 N–H and O–H groups in total. The molecule has 148 valence electrons. The average molecular weight is 477 g/mol. The SMILES string of the molecule is C=CCNC(=NCCn1cnnc1CC)N(C)CC(=O)NC(C)(C)C.I. The summed E-state index contributed by atoms with van der Waals surface area (Å²) in [7, 11) is 1.84. The van der Waals surface area contributed by atoms with E-state index in [-0.39, 0.29) is 42.0 Å². The molecule has 1 rings (SSSR count). The van der Waals surface area contributed by atoms with E-state index in [0.717, 1.165) is 12.2 Å². The van der Waals surface area contributed by atoms with Gasteiger partial charge in [0.25, 0.3) is 0 Å². The summed E-state index contributed by atoms with van der Waals surface area (Å²) >= 11 is 0. The molecule has 0 unspecified atom stereocenters. The lowest BCUT2D eigenvalue weighted by molar-refractivity contribution is -0.122. The maximum absolute atomic E-state index is 12.1. The number of hydrogen-bond acceptors (Lipinski definition) is 4. The number of aryl methyl sites for hydroxylation is 1. The second kappa shape index (κ2) is 11.9. The fourth-order valence-electron chi connectivity index (χ4n) is 2.23. The van der Waals surface area contributed by atoms with Crippen molar-refractivity contribution in [2.24, 2.45) is 4.99 Å². The van der Waals surface area contributed by atoms with Crippen LogP contribution in [0.2, 0.25) is 0 Å². The predicted molar refractivity (Wildman–Crippen MR) is 116 cm³/mol. The maximum atomic E-state index is 12.1. The Bertz CT molecular complexity index is 592. The minimum absolute atomic E-state index is 0. The minimum atomic E-state index is -0.255. The van der Waals surface area contributed by atoms with Crippen molar-refractivity contribution in [2.45, 2.75) is 46.2 Å². The van der Waals surface area contributed by atoms with Crippen LogP contribution in [0.5, 0.6) is 0 Å². The van der Waals surface area contributed by atoms with Gasteiger partial charge in [0.2, 0.25) is 5.91 Å². The molecule has 1 heterocycles. The first-order valence-corrected chi connectivity index (χ1v) is 8.55. The van der Waals surface area contributed by atoms with E-state index in [0.29, 0.717) is 25.6 Å². The molecule has 0 bridgehead atoms. The van der Waals surface area contributed by atoms with E-state index >= 15 is 0 Å². The molecule has 0 aliphatic rings. The second-order valence-electron chi connectivity index (χ2n) is 6.82. The molecule has 0 aliphatic carbocycles. The molecule has 0 saturated heterocycles. The number of amides is 1. The fraction of sp³-hybridized carbons (Fsp3) is 0.647. The van der Waals surface area contributed by atoms with E-state index in [4.69, 9.17) is 0 Å². The van der Waals surface area contributed by atoms with Crippen LogP contribution in [-0.4, -0.2) is 63.8 Å². The quantitative estimate of drug-likeness (QED) is 0.256. The topological polar surface area (TPSA) is 87.4 Å². The van der Waals surface area contributed by atoms with Crippen molar-refractivity contribution in [1.29, 1.82) is 0 Å². The van der Waals surface area contributed by atoms with Gasteiger partial charge in [-0.25, -0.2) is 0 Å². The molecule has 1 aromatic heterocycles. The van der Waals surface area contributed by atoms with Crippen molar-refractivity contribution in [1.82, 2.24) is 30.3 Å². The number of rotatable bonds is 8. The van der Waals surface area contributed by atoms with Gasteiger partial charge in [0, 0.05) is 32.1 Å². The van der Waals surface area contributed by atoms with Crippen molar-refractivity contribution in [2.75, 3.05) is 26.7 Å². The Morgan fingerprint density at radius 2 is 2.15 bits per heavy atom. The Kier molecular flexibility index (Phi) is 11.1. The zero-order valence-corrected chi connectivity index (χ0v) is 18.8. The largest absolute Gasteiger partial charge is 0.353 e. The number of carbonyl (C=O) groups is 1. The molecule has 0 aliphatic heterocycles. The zero-order valence-electron chi connectivity index (χ0n) is 16.4. The van der Waals surface area contributed by atoms with Crippen LogP contribution in [0.4, 0.5) is 0 Å². The molecule has 0 radical (unpaired) electrons. The Morgan fingerprint density at radius 3 is 2.73 bits per heavy atom. The first-order valence-electron chi connectivity index (χ1n) is 8.55. The summed E-state index contributed by atoms with van der Waals surface area (Å²) in [6, 6.07) is 0. The zero-order chi connectivity index (χ0) is 18.9. The smallest absolute Gasteiger partial charge is 0.240 e. The molecule has 0 aromatic carbocycles. The van der Waals surface area contributed by atoms with Gasteiger partial charge < -0.3 is 20.1 Å². The molecule has 0 spiro atoms.